The number of likely N-dealkylation sites (N-methyl/N-ethyl adjacent to an activating group) is 1. The van der Waals surface area contributed by atoms with Crippen molar-refractivity contribution in [2.75, 3.05) is 42.9 Å². The molecule has 0 radical (unpaired) electrons. The fourth-order valence-corrected chi connectivity index (χ4v) is 4.32. The Labute approximate surface area is 161 Å². The average molecular weight is 364 g/mol. The van der Waals surface area contributed by atoms with Crippen LogP contribution < -0.4 is 16.0 Å². The monoisotopic (exact) mass is 364 g/mol. The molecule has 1 saturated heterocycles. The first-order valence-electron chi connectivity index (χ1n) is 9.86. The Hall–Kier alpha value is -2.53. The Morgan fingerprint density at radius 3 is 2.56 bits per heavy atom. The summed E-state index contributed by atoms with van der Waals surface area (Å²) in [6.45, 7) is 7.71. The van der Waals surface area contributed by atoms with Crippen LogP contribution >= 0.6 is 0 Å². The lowest BCUT2D eigenvalue weighted by molar-refractivity contribution is -0.122. The van der Waals surface area contributed by atoms with Gasteiger partial charge in [-0.2, -0.15) is 0 Å². The van der Waals surface area contributed by atoms with Crippen molar-refractivity contribution in [2.24, 2.45) is 5.73 Å². The third-order valence-electron chi connectivity index (χ3n) is 6.00. The molecule has 1 fully saturated rings. The zero-order valence-electron chi connectivity index (χ0n) is 15.9. The molecular weight excluding hydrogens is 336 g/mol. The van der Waals surface area contributed by atoms with Crippen molar-refractivity contribution in [3.05, 3.63) is 59.7 Å². The van der Waals surface area contributed by atoms with E-state index < -0.39 is 5.54 Å². The minimum absolute atomic E-state index is 0.334. The van der Waals surface area contributed by atoms with Crippen molar-refractivity contribution in [3.8, 4) is 0 Å². The first-order valence-corrected chi connectivity index (χ1v) is 9.86. The normalized spacial score (nSPS) is 22.8. The largest absolute Gasteiger partial charge is 0.370 e. The van der Waals surface area contributed by atoms with Gasteiger partial charge in [0.1, 0.15) is 5.54 Å². The molecule has 3 N–H and O–H groups in total. The molecule has 2 heterocycles. The van der Waals surface area contributed by atoms with Gasteiger partial charge in [-0.15, -0.1) is 0 Å². The number of nitrogens with one attached hydrogen (secondary N) is 1. The number of benzene rings is 2. The highest BCUT2D eigenvalue weighted by atomic mass is 16.1. The van der Waals surface area contributed by atoms with Crippen molar-refractivity contribution in [3.63, 3.8) is 0 Å². The standard InChI is InChI=1S/C22H28N4O/c1-2-25-12-5-13-26(15-14-25)19-10-8-18(9-11-19)22(21(23)27)16-17-6-3-4-7-20(17)24-22/h3-4,6-11,24H,2,5,12-16H2,1H3,(H2,23,27). The summed E-state index contributed by atoms with van der Waals surface area (Å²) in [6.07, 6.45) is 1.77. The number of nitrogens with two attached hydrogens (primary N) is 1. The number of para-hydroxylation sites is 1. The second-order valence-electron chi connectivity index (χ2n) is 7.55. The first kappa shape index (κ1) is 17.9. The number of carbonyl (C=O) groups is 1. The SMILES string of the molecule is CCN1CCCN(c2ccc(C3(C(N)=O)Cc4ccccc4N3)cc2)CC1. The maximum Gasteiger partial charge on any atom is 0.248 e. The van der Waals surface area contributed by atoms with E-state index in [-0.39, 0.29) is 5.91 Å². The summed E-state index contributed by atoms with van der Waals surface area (Å²) in [4.78, 5) is 17.4. The van der Waals surface area contributed by atoms with Gasteiger partial charge in [-0.1, -0.05) is 37.3 Å². The highest BCUT2D eigenvalue weighted by molar-refractivity contribution is 5.92. The highest BCUT2D eigenvalue weighted by Crippen LogP contribution is 2.39. The molecule has 2 aromatic rings. The van der Waals surface area contributed by atoms with Gasteiger partial charge in [0.2, 0.25) is 5.91 Å². The maximum absolute atomic E-state index is 12.4. The quantitative estimate of drug-likeness (QED) is 0.875. The number of carbonyl (C=O) groups excluding carboxylic acids is 1. The van der Waals surface area contributed by atoms with E-state index in [1.807, 2.05) is 18.2 Å². The Morgan fingerprint density at radius 1 is 1.07 bits per heavy atom. The van der Waals surface area contributed by atoms with Gasteiger partial charge in [-0.3, -0.25) is 4.79 Å². The van der Waals surface area contributed by atoms with Crippen LogP contribution in [0.15, 0.2) is 48.5 Å². The summed E-state index contributed by atoms with van der Waals surface area (Å²) in [5.74, 6) is -0.334. The summed E-state index contributed by atoms with van der Waals surface area (Å²) in [5.41, 5.74) is 9.27. The summed E-state index contributed by atoms with van der Waals surface area (Å²) >= 11 is 0. The Balaban J connectivity index is 1.57. The Bertz CT molecular complexity index is 792. The summed E-state index contributed by atoms with van der Waals surface area (Å²) in [5, 5.41) is 3.39. The van der Waals surface area contributed by atoms with Gasteiger partial charge in [-0.05, 0) is 48.8 Å². The van der Waals surface area contributed by atoms with Crippen LogP contribution in [0.1, 0.15) is 24.5 Å². The minimum Gasteiger partial charge on any atom is -0.370 e. The van der Waals surface area contributed by atoms with E-state index in [4.69, 9.17) is 5.73 Å². The van der Waals surface area contributed by atoms with E-state index in [9.17, 15) is 4.79 Å². The maximum atomic E-state index is 12.4. The lowest BCUT2D eigenvalue weighted by Gasteiger charge is -2.29. The lowest BCUT2D eigenvalue weighted by atomic mass is 9.86. The third-order valence-corrected chi connectivity index (χ3v) is 6.00. The number of amides is 1. The van der Waals surface area contributed by atoms with Crippen molar-refractivity contribution < 1.29 is 4.79 Å². The molecule has 5 heteroatoms. The average Bonchev–Trinajstić information content (AvgIpc) is 2.94. The molecule has 0 aliphatic carbocycles. The smallest absolute Gasteiger partial charge is 0.248 e. The lowest BCUT2D eigenvalue weighted by Crippen LogP contribution is -2.46. The van der Waals surface area contributed by atoms with Gasteiger partial charge in [0.05, 0.1) is 0 Å². The molecule has 1 atom stereocenters. The number of nitrogens with zero attached hydrogens (tertiary/aromatic N) is 2. The molecule has 2 aromatic carbocycles. The Morgan fingerprint density at radius 2 is 1.85 bits per heavy atom. The molecule has 1 amide bonds. The molecular formula is C22H28N4O. The number of fused-ring (bicyclic) bond motifs is 1. The number of anilines is 2. The van der Waals surface area contributed by atoms with Crippen molar-refractivity contribution >= 4 is 17.3 Å². The number of rotatable bonds is 4. The molecule has 27 heavy (non-hydrogen) atoms. The predicted molar refractivity (Wildman–Crippen MR) is 110 cm³/mol. The van der Waals surface area contributed by atoms with Gasteiger partial charge in [0, 0.05) is 37.4 Å². The molecule has 0 saturated carbocycles. The highest BCUT2D eigenvalue weighted by Gasteiger charge is 2.43. The van der Waals surface area contributed by atoms with Crippen LogP contribution in [0.25, 0.3) is 0 Å². The molecule has 1 unspecified atom stereocenters. The van der Waals surface area contributed by atoms with Crippen LogP contribution in [0, 0.1) is 0 Å². The molecule has 4 rings (SSSR count). The van der Waals surface area contributed by atoms with Crippen LogP contribution in [0.4, 0.5) is 11.4 Å². The van der Waals surface area contributed by atoms with Gasteiger partial charge in [-0.25, -0.2) is 0 Å². The second kappa shape index (κ2) is 7.24. The van der Waals surface area contributed by atoms with Crippen molar-refractivity contribution in [1.82, 2.24) is 4.90 Å². The van der Waals surface area contributed by atoms with E-state index in [1.54, 1.807) is 0 Å². The van der Waals surface area contributed by atoms with E-state index >= 15 is 0 Å². The molecule has 5 nitrogen and oxygen atoms in total. The molecule has 0 bridgehead atoms. The van der Waals surface area contributed by atoms with Crippen LogP contribution in [0.2, 0.25) is 0 Å². The number of primary amides is 1. The fraction of sp³-hybridized carbons (Fsp3) is 0.409. The van der Waals surface area contributed by atoms with E-state index in [1.165, 1.54) is 12.1 Å². The van der Waals surface area contributed by atoms with Crippen LogP contribution in [-0.2, 0) is 16.8 Å². The Kier molecular flexibility index (Phi) is 4.79. The molecule has 2 aliphatic heterocycles. The third kappa shape index (κ3) is 3.28. The first-order chi connectivity index (χ1) is 13.1. The molecule has 142 valence electrons. The topological polar surface area (TPSA) is 61.6 Å². The van der Waals surface area contributed by atoms with E-state index in [0.717, 1.165) is 49.5 Å². The predicted octanol–water partition coefficient (Wildman–Crippen LogP) is 2.57. The number of hydrogen-bond acceptors (Lipinski definition) is 4. The fourth-order valence-electron chi connectivity index (χ4n) is 4.32. The summed E-state index contributed by atoms with van der Waals surface area (Å²) in [7, 11) is 0. The number of hydrogen-bond donors (Lipinski definition) is 2. The molecule has 0 aromatic heterocycles. The second-order valence-corrected chi connectivity index (χ2v) is 7.55. The summed E-state index contributed by atoms with van der Waals surface area (Å²) in [6, 6.07) is 16.4. The van der Waals surface area contributed by atoms with Gasteiger partial charge in [0.25, 0.3) is 0 Å². The minimum atomic E-state index is -0.861. The van der Waals surface area contributed by atoms with Crippen molar-refractivity contribution in [1.29, 1.82) is 0 Å². The van der Waals surface area contributed by atoms with Crippen LogP contribution in [-0.4, -0.2) is 43.5 Å². The zero-order chi connectivity index (χ0) is 18.9. The van der Waals surface area contributed by atoms with E-state index in [0.29, 0.717) is 6.42 Å². The molecule has 2 aliphatic rings. The van der Waals surface area contributed by atoms with Gasteiger partial charge < -0.3 is 20.9 Å². The zero-order valence-corrected chi connectivity index (χ0v) is 15.9. The summed E-state index contributed by atoms with van der Waals surface area (Å²) < 4.78 is 0. The van der Waals surface area contributed by atoms with E-state index in [2.05, 4.69) is 52.4 Å². The van der Waals surface area contributed by atoms with Gasteiger partial charge >= 0.3 is 0 Å². The van der Waals surface area contributed by atoms with Crippen molar-refractivity contribution in [2.45, 2.75) is 25.3 Å². The van der Waals surface area contributed by atoms with Crippen LogP contribution in [0.5, 0.6) is 0 Å². The molecule has 0 spiro atoms. The van der Waals surface area contributed by atoms with Crippen LogP contribution in [0.3, 0.4) is 0 Å². The van der Waals surface area contributed by atoms with Gasteiger partial charge in [0.15, 0.2) is 0 Å².